The summed E-state index contributed by atoms with van der Waals surface area (Å²) in [5, 5.41) is 23.6. The number of carbonyl (C=O) groups excluding carboxylic acids is 2. The molecule has 9 nitrogen and oxygen atoms in total. The molecule has 0 aromatic heterocycles. The standard InChI is InChI=1S/C18H22N4O5/c1-12(23)15-16(13-3-2-4-14(11-13)22(26)27)21(18(25)17(15)24)10-9-20-7-5-19-6-8-20/h2-4,11,16,19,24H,5-10H2,1H3/p+2/t16-/m0/s1. The number of aliphatic hydroxyl groups is 1. The van der Waals surface area contributed by atoms with Gasteiger partial charge in [-0.05, 0) is 12.5 Å². The second-order valence-electron chi connectivity index (χ2n) is 6.94. The first-order valence-electron chi connectivity index (χ1n) is 9.04. The molecule has 1 aromatic carbocycles. The Morgan fingerprint density at radius 3 is 2.74 bits per heavy atom. The van der Waals surface area contributed by atoms with Crippen LogP contribution in [0.2, 0.25) is 0 Å². The van der Waals surface area contributed by atoms with Gasteiger partial charge < -0.3 is 20.2 Å². The molecule has 2 aliphatic heterocycles. The fourth-order valence-electron chi connectivity index (χ4n) is 3.81. The molecule has 0 spiro atoms. The molecule has 27 heavy (non-hydrogen) atoms. The third-order valence-electron chi connectivity index (χ3n) is 5.19. The van der Waals surface area contributed by atoms with E-state index in [0.29, 0.717) is 18.7 Å². The van der Waals surface area contributed by atoms with E-state index in [-0.39, 0.29) is 11.3 Å². The van der Waals surface area contributed by atoms with Crippen molar-refractivity contribution in [3.63, 3.8) is 0 Å². The highest BCUT2D eigenvalue weighted by molar-refractivity contribution is 6.08. The molecule has 2 heterocycles. The number of nitro groups is 1. The smallest absolute Gasteiger partial charge is 0.290 e. The second kappa shape index (κ2) is 7.85. The molecule has 2 aliphatic rings. The predicted octanol–water partition coefficient (Wildman–Crippen LogP) is -1.66. The normalized spacial score (nSPS) is 21.0. The number of rotatable bonds is 6. The number of aliphatic hydroxyl groups excluding tert-OH is 1. The van der Waals surface area contributed by atoms with E-state index in [1.54, 1.807) is 6.07 Å². The predicted molar refractivity (Wildman–Crippen MR) is 95.1 cm³/mol. The summed E-state index contributed by atoms with van der Waals surface area (Å²) in [6, 6.07) is 5.08. The van der Waals surface area contributed by atoms with E-state index in [1.165, 1.54) is 34.9 Å². The highest BCUT2D eigenvalue weighted by atomic mass is 16.6. The SMILES string of the molecule is CC(=O)C1=C(O)C(=O)N(CC[NH+]2CC[NH2+]CC2)[C@H]1c1cccc([N+](=O)[O-])c1. The number of carbonyl (C=O) groups is 2. The zero-order chi connectivity index (χ0) is 19.6. The number of piperazine rings is 1. The van der Waals surface area contributed by atoms with Crippen LogP contribution in [0.25, 0.3) is 0 Å². The van der Waals surface area contributed by atoms with Gasteiger partial charge in [-0.15, -0.1) is 0 Å². The van der Waals surface area contributed by atoms with Crippen molar-refractivity contribution >= 4 is 17.4 Å². The quantitative estimate of drug-likeness (QED) is 0.405. The molecule has 1 fully saturated rings. The van der Waals surface area contributed by atoms with Gasteiger partial charge in [0.15, 0.2) is 11.5 Å². The van der Waals surface area contributed by atoms with Crippen LogP contribution in [0.3, 0.4) is 0 Å². The molecule has 1 amide bonds. The first kappa shape index (κ1) is 19.0. The van der Waals surface area contributed by atoms with Crippen LogP contribution >= 0.6 is 0 Å². The third kappa shape index (κ3) is 3.83. The number of benzene rings is 1. The van der Waals surface area contributed by atoms with Crippen LogP contribution < -0.4 is 10.2 Å². The van der Waals surface area contributed by atoms with Crippen molar-refractivity contribution < 1.29 is 29.8 Å². The summed E-state index contributed by atoms with van der Waals surface area (Å²) in [6.07, 6.45) is 0. The summed E-state index contributed by atoms with van der Waals surface area (Å²) in [4.78, 5) is 38.1. The summed E-state index contributed by atoms with van der Waals surface area (Å²) in [6.45, 7) is 6.38. The molecular weight excluding hydrogens is 352 g/mol. The number of quaternary nitrogens is 2. The second-order valence-corrected chi connectivity index (χ2v) is 6.94. The Morgan fingerprint density at radius 1 is 1.41 bits per heavy atom. The lowest BCUT2D eigenvalue weighted by Crippen LogP contribution is -3.20. The Labute approximate surface area is 156 Å². The minimum Gasteiger partial charge on any atom is -0.503 e. The van der Waals surface area contributed by atoms with Crippen LogP contribution in [-0.2, 0) is 9.59 Å². The van der Waals surface area contributed by atoms with Gasteiger partial charge in [0.2, 0.25) is 0 Å². The summed E-state index contributed by atoms with van der Waals surface area (Å²) >= 11 is 0. The molecular formula is C18H24N4O5+2. The van der Waals surface area contributed by atoms with Gasteiger partial charge in [-0.3, -0.25) is 19.7 Å². The number of ketones is 1. The molecule has 0 aliphatic carbocycles. The Hall–Kier alpha value is -2.78. The van der Waals surface area contributed by atoms with Crippen LogP contribution in [0, 0.1) is 10.1 Å². The molecule has 1 aromatic rings. The summed E-state index contributed by atoms with van der Waals surface area (Å²) < 4.78 is 0. The van der Waals surface area contributed by atoms with Crippen molar-refractivity contribution in [2.45, 2.75) is 13.0 Å². The average molecular weight is 376 g/mol. The first-order valence-corrected chi connectivity index (χ1v) is 9.04. The Balaban J connectivity index is 1.91. The van der Waals surface area contributed by atoms with Crippen LogP contribution in [0.15, 0.2) is 35.6 Å². The molecule has 4 N–H and O–H groups in total. The molecule has 144 valence electrons. The van der Waals surface area contributed by atoms with Gasteiger partial charge in [-0.1, -0.05) is 12.1 Å². The Kier molecular flexibility index (Phi) is 5.52. The number of hydrogen-bond donors (Lipinski definition) is 3. The summed E-state index contributed by atoms with van der Waals surface area (Å²) in [5.41, 5.74) is 0.336. The van der Waals surface area contributed by atoms with E-state index in [4.69, 9.17) is 0 Å². The van der Waals surface area contributed by atoms with Crippen LogP contribution in [0.4, 0.5) is 5.69 Å². The van der Waals surface area contributed by atoms with Crippen molar-refractivity contribution in [3.05, 3.63) is 51.3 Å². The largest absolute Gasteiger partial charge is 0.503 e. The van der Waals surface area contributed by atoms with E-state index in [0.717, 1.165) is 26.2 Å². The Bertz CT molecular complexity index is 801. The lowest BCUT2D eigenvalue weighted by atomic mass is 9.96. The number of Topliss-reactive ketones (excluding diaryl/α,β-unsaturated/α-hetero) is 1. The minimum absolute atomic E-state index is 0.00229. The van der Waals surface area contributed by atoms with Gasteiger partial charge in [0, 0.05) is 12.1 Å². The van der Waals surface area contributed by atoms with Crippen LogP contribution in [0.1, 0.15) is 18.5 Å². The lowest BCUT2D eigenvalue weighted by Gasteiger charge is -2.29. The van der Waals surface area contributed by atoms with Crippen molar-refractivity contribution in [1.82, 2.24) is 4.90 Å². The van der Waals surface area contributed by atoms with E-state index in [1.807, 2.05) is 0 Å². The molecule has 0 saturated carbocycles. The van der Waals surface area contributed by atoms with E-state index < -0.39 is 28.4 Å². The first-order chi connectivity index (χ1) is 12.9. The highest BCUT2D eigenvalue weighted by Gasteiger charge is 2.43. The molecule has 9 heteroatoms. The molecule has 0 unspecified atom stereocenters. The average Bonchev–Trinajstić information content (AvgIpc) is 2.92. The molecule has 1 saturated heterocycles. The molecule has 1 atom stereocenters. The summed E-state index contributed by atoms with van der Waals surface area (Å²) in [5.74, 6) is -1.57. The number of nitro benzene ring substituents is 1. The van der Waals surface area contributed by atoms with Gasteiger partial charge in [0.25, 0.3) is 11.6 Å². The van der Waals surface area contributed by atoms with Crippen LogP contribution in [0.5, 0.6) is 0 Å². The van der Waals surface area contributed by atoms with Crippen molar-refractivity contribution in [1.29, 1.82) is 0 Å². The Morgan fingerprint density at radius 2 is 2.11 bits per heavy atom. The maximum absolute atomic E-state index is 12.6. The van der Waals surface area contributed by atoms with Gasteiger partial charge in [0.05, 0.1) is 29.6 Å². The van der Waals surface area contributed by atoms with Gasteiger partial charge in [0.1, 0.15) is 26.2 Å². The third-order valence-corrected chi connectivity index (χ3v) is 5.19. The van der Waals surface area contributed by atoms with Gasteiger partial charge in [-0.25, -0.2) is 0 Å². The van der Waals surface area contributed by atoms with Crippen molar-refractivity contribution in [2.75, 3.05) is 39.3 Å². The van der Waals surface area contributed by atoms with E-state index in [9.17, 15) is 24.8 Å². The van der Waals surface area contributed by atoms with Crippen molar-refractivity contribution in [3.8, 4) is 0 Å². The number of nitrogens with two attached hydrogens (primary N) is 1. The lowest BCUT2D eigenvalue weighted by molar-refractivity contribution is -0.946. The highest BCUT2D eigenvalue weighted by Crippen LogP contribution is 2.38. The number of non-ortho nitro benzene ring substituents is 1. The number of amides is 1. The fraction of sp³-hybridized carbons (Fsp3) is 0.444. The minimum atomic E-state index is -0.800. The molecule has 3 rings (SSSR count). The maximum atomic E-state index is 12.6. The number of nitrogens with zero attached hydrogens (tertiary/aromatic N) is 2. The number of nitrogens with one attached hydrogen (secondary N) is 1. The number of hydrogen-bond acceptors (Lipinski definition) is 5. The zero-order valence-corrected chi connectivity index (χ0v) is 15.2. The fourth-order valence-corrected chi connectivity index (χ4v) is 3.81. The van der Waals surface area contributed by atoms with Gasteiger partial charge in [-0.2, -0.15) is 0 Å². The van der Waals surface area contributed by atoms with Crippen molar-refractivity contribution in [2.24, 2.45) is 0 Å². The summed E-state index contributed by atoms with van der Waals surface area (Å²) in [7, 11) is 0. The monoisotopic (exact) mass is 376 g/mol. The zero-order valence-electron chi connectivity index (χ0n) is 15.2. The molecule has 0 radical (unpaired) electrons. The topological polar surface area (TPSA) is 122 Å². The van der Waals surface area contributed by atoms with E-state index in [2.05, 4.69) is 5.32 Å². The maximum Gasteiger partial charge on any atom is 0.290 e. The van der Waals surface area contributed by atoms with Crippen LogP contribution in [-0.4, -0.2) is 65.9 Å². The van der Waals surface area contributed by atoms with Gasteiger partial charge >= 0.3 is 0 Å². The van der Waals surface area contributed by atoms with E-state index >= 15 is 0 Å². The molecule has 0 bridgehead atoms.